The molecule has 26 heavy (non-hydrogen) atoms. The minimum Gasteiger partial charge on any atom is -0.349 e. The van der Waals surface area contributed by atoms with Crippen molar-refractivity contribution in [3.63, 3.8) is 0 Å². The van der Waals surface area contributed by atoms with Crippen LogP contribution in [0, 0.1) is 26.7 Å². The predicted octanol–water partition coefficient (Wildman–Crippen LogP) is 4.50. The maximum atomic E-state index is 12.5. The van der Waals surface area contributed by atoms with E-state index < -0.39 is 0 Å². The van der Waals surface area contributed by atoms with Gasteiger partial charge in [-0.2, -0.15) is 5.10 Å². The molecule has 140 valence electrons. The lowest BCUT2D eigenvalue weighted by Gasteiger charge is -2.29. The Hall–Kier alpha value is -1.59. The summed E-state index contributed by atoms with van der Waals surface area (Å²) in [6, 6.07) is 1.87. The molecule has 0 spiro atoms. The van der Waals surface area contributed by atoms with Gasteiger partial charge in [0.15, 0.2) is 0 Å². The van der Waals surface area contributed by atoms with Crippen molar-refractivity contribution in [2.24, 2.45) is 5.92 Å². The van der Waals surface area contributed by atoms with Crippen molar-refractivity contribution in [3.05, 3.63) is 45.0 Å². The van der Waals surface area contributed by atoms with Crippen LogP contribution in [-0.4, -0.2) is 26.7 Å². The fourth-order valence-electron chi connectivity index (χ4n) is 3.59. The molecule has 5 nitrogen and oxygen atoms in total. The van der Waals surface area contributed by atoms with Crippen LogP contribution < -0.4 is 5.32 Å². The number of hydrogen-bond donors (Lipinski definition) is 1. The molecule has 1 N–H and O–H groups in total. The minimum atomic E-state index is -0.0914. The summed E-state index contributed by atoms with van der Waals surface area (Å²) in [6.45, 7) is 6.65. The Kier molecular flexibility index (Phi) is 5.88. The van der Waals surface area contributed by atoms with E-state index in [-0.39, 0.29) is 11.9 Å². The SMILES string of the molecule is Cc1ncc(Cl)cc1C(=O)NC1CCC(Cn2nc(C)c(Cl)c2C)CC1. The van der Waals surface area contributed by atoms with E-state index in [1.807, 2.05) is 25.5 Å². The van der Waals surface area contributed by atoms with Gasteiger partial charge in [0.1, 0.15) is 0 Å². The van der Waals surface area contributed by atoms with Crippen LogP contribution in [0.3, 0.4) is 0 Å². The number of aromatic nitrogens is 3. The maximum absolute atomic E-state index is 12.5. The first kappa shape index (κ1) is 19.2. The number of rotatable bonds is 4. The number of aryl methyl sites for hydroxylation is 2. The van der Waals surface area contributed by atoms with Crippen LogP contribution in [-0.2, 0) is 6.54 Å². The molecule has 0 saturated heterocycles. The molecule has 1 aliphatic rings. The normalized spacial score (nSPS) is 20.2. The number of carbonyl (C=O) groups excluding carboxylic acids is 1. The summed E-state index contributed by atoms with van der Waals surface area (Å²) in [7, 11) is 0. The van der Waals surface area contributed by atoms with E-state index in [2.05, 4.69) is 15.4 Å². The second-order valence-corrected chi connectivity index (χ2v) is 7.96. The highest BCUT2D eigenvalue weighted by Crippen LogP contribution is 2.28. The monoisotopic (exact) mass is 394 g/mol. The Morgan fingerprint density at radius 1 is 1.19 bits per heavy atom. The molecule has 1 saturated carbocycles. The number of hydrogen-bond acceptors (Lipinski definition) is 3. The lowest BCUT2D eigenvalue weighted by Crippen LogP contribution is -2.38. The van der Waals surface area contributed by atoms with Crippen LogP contribution in [0.2, 0.25) is 10.0 Å². The van der Waals surface area contributed by atoms with Gasteiger partial charge in [-0.05, 0) is 58.4 Å². The highest BCUT2D eigenvalue weighted by Gasteiger charge is 2.24. The average molecular weight is 395 g/mol. The third-order valence-corrected chi connectivity index (χ3v) is 5.96. The first-order valence-corrected chi connectivity index (χ1v) is 9.73. The second kappa shape index (κ2) is 7.97. The van der Waals surface area contributed by atoms with Gasteiger partial charge in [-0.25, -0.2) is 0 Å². The van der Waals surface area contributed by atoms with Gasteiger partial charge in [-0.15, -0.1) is 0 Å². The summed E-state index contributed by atoms with van der Waals surface area (Å²) in [5.74, 6) is 0.470. The van der Waals surface area contributed by atoms with E-state index in [4.69, 9.17) is 23.2 Å². The van der Waals surface area contributed by atoms with Crippen LogP contribution in [0.15, 0.2) is 12.3 Å². The molecule has 0 atom stereocenters. The van der Waals surface area contributed by atoms with E-state index in [1.165, 1.54) is 0 Å². The maximum Gasteiger partial charge on any atom is 0.253 e. The lowest BCUT2D eigenvalue weighted by molar-refractivity contribution is 0.0919. The molecule has 1 aliphatic carbocycles. The fraction of sp³-hybridized carbons (Fsp3) is 0.526. The Morgan fingerprint density at radius 2 is 1.88 bits per heavy atom. The Labute approximate surface area is 164 Å². The molecule has 7 heteroatoms. The van der Waals surface area contributed by atoms with Crippen molar-refractivity contribution in [1.82, 2.24) is 20.1 Å². The summed E-state index contributed by atoms with van der Waals surface area (Å²) < 4.78 is 2.02. The second-order valence-electron chi connectivity index (χ2n) is 7.14. The molecule has 0 bridgehead atoms. The summed E-state index contributed by atoms with van der Waals surface area (Å²) in [5.41, 5.74) is 3.16. The predicted molar refractivity (Wildman–Crippen MR) is 104 cm³/mol. The third kappa shape index (κ3) is 4.21. The first-order chi connectivity index (χ1) is 12.3. The smallest absolute Gasteiger partial charge is 0.253 e. The van der Waals surface area contributed by atoms with Crippen molar-refractivity contribution in [1.29, 1.82) is 0 Å². The number of halogens is 2. The molecule has 1 amide bonds. The van der Waals surface area contributed by atoms with E-state index in [1.54, 1.807) is 12.3 Å². The van der Waals surface area contributed by atoms with Crippen molar-refractivity contribution < 1.29 is 4.79 Å². The number of nitrogens with zero attached hydrogens (tertiary/aromatic N) is 3. The topological polar surface area (TPSA) is 59.8 Å². The van der Waals surface area contributed by atoms with Crippen LogP contribution >= 0.6 is 23.2 Å². The Morgan fingerprint density at radius 3 is 2.50 bits per heavy atom. The fourth-order valence-corrected chi connectivity index (χ4v) is 3.88. The van der Waals surface area contributed by atoms with E-state index in [0.717, 1.165) is 48.6 Å². The summed E-state index contributed by atoms with van der Waals surface area (Å²) >= 11 is 12.2. The van der Waals surface area contributed by atoms with Gasteiger partial charge in [0, 0.05) is 18.8 Å². The standard InChI is InChI=1S/C19H24Cl2N4O/c1-11-17(8-15(20)9-22-11)19(26)23-16-6-4-14(5-7-16)10-25-13(3)18(21)12(2)24-25/h8-9,14,16H,4-7,10H2,1-3H3,(H,23,26). The van der Waals surface area contributed by atoms with Crippen LogP contribution in [0.4, 0.5) is 0 Å². The van der Waals surface area contributed by atoms with Gasteiger partial charge >= 0.3 is 0 Å². The van der Waals surface area contributed by atoms with Crippen molar-refractivity contribution in [3.8, 4) is 0 Å². The van der Waals surface area contributed by atoms with Gasteiger partial charge in [0.2, 0.25) is 0 Å². The number of amides is 1. The summed E-state index contributed by atoms with van der Waals surface area (Å²) in [6.07, 6.45) is 5.62. The number of nitrogens with one attached hydrogen (secondary N) is 1. The van der Waals surface area contributed by atoms with Gasteiger partial charge in [-0.1, -0.05) is 23.2 Å². The molecule has 0 aromatic carbocycles. The lowest BCUT2D eigenvalue weighted by atomic mass is 9.86. The molecule has 2 aromatic heterocycles. The van der Waals surface area contributed by atoms with E-state index in [9.17, 15) is 4.79 Å². The van der Waals surface area contributed by atoms with Crippen molar-refractivity contribution >= 4 is 29.1 Å². The molecule has 1 fully saturated rings. The number of carbonyl (C=O) groups is 1. The van der Waals surface area contributed by atoms with Crippen LogP contribution in [0.1, 0.15) is 53.1 Å². The van der Waals surface area contributed by atoms with Crippen molar-refractivity contribution in [2.45, 2.75) is 59.0 Å². The van der Waals surface area contributed by atoms with E-state index >= 15 is 0 Å². The van der Waals surface area contributed by atoms with Gasteiger partial charge < -0.3 is 5.32 Å². The minimum absolute atomic E-state index is 0.0914. The highest BCUT2D eigenvalue weighted by molar-refractivity contribution is 6.31. The highest BCUT2D eigenvalue weighted by atomic mass is 35.5. The zero-order chi connectivity index (χ0) is 18.8. The van der Waals surface area contributed by atoms with Gasteiger partial charge in [0.25, 0.3) is 5.91 Å². The zero-order valence-electron chi connectivity index (χ0n) is 15.4. The Bertz CT molecular complexity index is 810. The molecule has 3 rings (SSSR count). The van der Waals surface area contributed by atoms with Crippen molar-refractivity contribution in [2.75, 3.05) is 0 Å². The quantitative estimate of drug-likeness (QED) is 0.829. The molecule has 0 aliphatic heterocycles. The zero-order valence-corrected chi connectivity index (χ0v) is 16.9. The summed E-state index contributed by atoms with van der Waals surface area (Å²) in [4.78, 5) is 16.7. The number of pyridine rings is 1. The average Bonchev–Trinajstić information content (AvgIpc) is 2.85. The van der Waals surface area contributed by atoms with Crippen LogP contribution in [0.25, 0.3) is 0 Å². The molecule has 2 aromatic rings. The van der Waals surface area contributed by atoms with E-state index in [0.29, 0.717) is 22.2 Å². The van der Waals surface area contributed by atoms with Gasteiger partial charge in [-0.3, -0.25) is 14.5 Å². The van der Waals surface area contributed by atoms with Gasteiger partial charge in [0.05, 0.1) is 32.7 Å². The molecular formula is C19H24Cl2N4O. The first-order valence-electron chi connectivity index (χ1n) is 8.97. The third-order valence-electron chi connectivity index (χ3n) is 5.20. The summed E-state index contributed by atoms with van der Waals surface area (Å²) in [5, 5.41) is 8.90. The molecular weight excluding hydrogens is 371 g/mol. The Balaban J connectivity index is 1.54. The van der Waals surface area contributed by atoms with Crippen LogP contribution in [0.5, 0.6) is 0 Å². The molecule has 0 radical (unpaired) electrons. The largest absolute Gasteiger partial charge is 0.349 e. The molecule has 0 unspecified atom stereocenters. The molecule has 2 heterocycles.